The van der Waals surface area contributed by atoms with Crippen molar-refractivity contribution in [2.24, 2.45) is 0 Å². The van der Waals surface area contributed by atoms with Gasteiger partial charge in [0.2, 0.25) is 5.91 Å². The molecule has 0 atom stereocenters. The maximum Gasteiger partial charge on any atom is 0.255 e. The summed E-state index contributed by atoms with van der Waals surface area (Å²) in [4.78, 5) is 34.4. The molecule has 30 heavy (non-hydrogen) atoms. The van der Waals surface area contributed by atoms with Crippen molar-refractivity contribution < 1.29 is 9.59 Å². The number of benzene rings is 3. The SMILES string of the molecule is CC(=O)N1CCc2cc(C(=O)Nc3ccccc3-c3nc4ccccc4[nH]3)ccc21. The number of anilines is 2. The number of nitrogens with zero attached hydrogens (tertiary/aromatic N) is 2. The minimum atomic E-state index is -0.192. The molecule has 0 saturated carbocycles. The average molecular weight is 396 g/mol. The highest BCUT2D eigenvalue weighted by Crippen LogP contribution is 2.31. The molecule has 2 N–H and O–H groups in total. The summed E-state index contributed by atoms with van der Waals surface area (Å²) in [6, 6.07) is 20.9. The maximum absolute atomic E-state index is 13.0. The van der Waals surface area contributed by atoms with E-state index in [9.17, 15) is 9.59 Å². The van der Waals surface area contributed by atoms with Crippen molar-refractivity contribution in [3.63, 3.8) is 0 Å². The van der Waals surface area contributed by atoms with Gasteiger partial charge in [-0.1, -0.05) is 24.3 Å². The zero-order chi connectivity index (χ0) is 20.7. The average Bonchev–Trinajstić information content (AvgIpc) is 3.37. The second-order valence-electron chi connectivity index (χ2n) is 7.37. The second kappa shape index (κ2) is 7.15. The van der Waals surface area contributed by atoms with E-state index >= 15 is 0 Å². The number of carbonyl (C=O) groups is 2. The van der Waals surface area contributed by atoms with E-state index in [4.69, 9.17) is 0 Å². The van der Waals surface area contributed by atoms with Crippen LogP contribution in [0.15, 0.2) is 66.7 Å². The van der Waals surface area contributed by atoms with Crippen LogP contribution in [0, 0.1) is 0 Å². The molecule has 2 amide bonds. The van der Waals surface area contributed by atoms with Gasteiger partial charge in [-0.25, -0.2) is 4.98 Å². The standard InChI is InChI=1S/C24H20N4O2/c1-15(29)28-13-12-16-14-17(10-11-22(16)28)24(30)27-19-7-3-2-6-18(19)23-25-20-8-4-5-9-21(20)26-23/h2-11,14H,12-13H2,1H3,(H,25,26)(H,27,30). The summed E-state index contributed by atoms with van der Waals surface area (Å²) in [5, 5.41) is 3.02. The third-order valence-electron chi connectivity index (χ3n) is 5.44. The highest BCUT2D eigenvalue weighted by Gasteiger charge is 2.23. The molecule has 0 spiro atoms. The fraction of sp³-hybridized carbons (Fsp3) is 0.125. The fourth-order valence-electron chi connectivity index (χ4n) is 3.94. The van der Waals surface area contributed by atoms with Crippen LogP contribution in [0.2, 0.25) is 0 Å². The van der Waals surface area contributed by atoms with E-state index in [1.807, 2.05) is 60.7 Å². The topological polar surface area (TPSA) is 78.1 Å². The number of amides is 2. The number of aromatic amines is 1. The van der Waals surface area contributed by atoms with Crippen LogP contribution in [-0.2, 0) is 11.2 Å². The third kappa shape index (κ3) is 3.12. The first kappa shape index (κ1) is 18.1. The van der Waals surface area contributed by atoms with Crippen molar-refractivity contribution in [2.75, 3.05) is 16.8 Å². The van der Waals surface area contributed by atoms with Gasteiger partial charge >= 0.3 is 0 Å². The van der Waals surface area contributed by atoms with E-state index in [0.29, 0.717) is 23.6 Å². The van der Waals surface area contributed by atoms with Crippen LogP contribution in [0.5, 0.6) is 0 Å². The lowest BCUT2D eigenvalue weighted by Gasteiger charge is -2.15. The Morgan fingerprint density at radius 2 is 1.83 bits per heavy atom. The number of H-pyrrole nitrogens is 1. The highest BCUT2D eigenvalue weighted by molar-refractivity contribution is 6.07. The number of nitrogens with one attached hydrogen (secondary N) is 2. The van der Waals surface area contributed by atoms with E-state index in [1.165, 1.54) is 0 Å². The van der Waals surface area contributed by atoms with Crippen molar-refractivity contribution in [1.29, 1.82) is 0 Å². The van der Waals surface area contributed by atoms with Crippen LogP contribution in [0.4, 0.5) is 11.4 Å². The van der Waals surface area contributed by atoms with E-state index in [2.05, 4.69) is 15.3 Å². The minimum absolute atomic E-state index is 0.0192. The Hall–Kier alpha value is -3.93. The van der Waals surface area contributed by atoms with Crippen LogP contribution < -0.4 is 10.2 Å². The van der Waals surface area contributed by atoms with Crippen molar-refractivity contribution in [3.05, 3.63) is 77.9 Å². The summed E-state index contributed by atoms with van der Waals surface area (Å²) < 4.78 is 0. The Bertz CT molecular complexity index is 1260. The molecule has 0 aliphatic carbocycles. The van der Waals surface area contributed by atoms with Crippen molar-refractivity contribution >= 4 is 34.2 Å². The van der Waals surface area contributed by atoms with Gasteiger partial charge in [0.05, 0.1) is 16.7 Å². The van der Waals surface area contributed by atoms with Gasteiger partial charge in [-0.2, -0.15) is 0 Å². The number of aromatic nitrogens is 2. The van der Waals surface area contributed by atoms with Gasteiger partial charge in [-0.3, -0.25) is 9.59 Å². The van der Waals surface area contributed by atoms with Gasteiger partial charge in [0, 0.05) is 30.3 Å². The number of hydrogen-bond donors (Lipinski definition) is 2. The number of rotatable bonds is 3. The number of carbonyl (C=O) groups excluding carboxylic acids is 2. The Morgan fingerprint density at radius 3 is 2.67 bits per heavy atom. The molecule has 148 valence electrons. The Kier molecular flexibility index (Phi) is 4.32. The summed E-state index contributed by atoms with van der Waals surface area (Å²) in [5.41, 5.74) is 5.81. The first-order chi connectivity index (χ1) is 14.6. The molecule has 0 unspecified atom stereocenters. The number of fused-ring (bicyclic) bond motifs is 2. The summed E-state index contributed by atoms with van der Waals surface area (Å²) in [6.45, 7) is 2.22. The molecule has 0 bridgehead atoms. The lowest BCUT2D eigenvalue weighted by Crippen LogP contribution is -2.25. The number of imidazole rings is 1. The summed E-state index contributed by atoms with van der Waals surface area (Å²) in [7, 11) is 0. The van der Waals surface area contributed by atoms with E-state index < -0.39 is 0 Å². The van der Waals surface area contributed by atoms with Crippen LogP contribution in [-0.4, -0.2) is 28.3 Å². The Balaban J connectivity index is 1.44. The Labute approximate surface area is 173 Å². The number of para-hydroxylation sites is 3. The molecule has 0 radical (unpaired) electrons. The van der Waals surface area contributed by atoms with E-state index in [-0.39, 0.29) is 11.8 Å². The molecule has 0 saturated heterocycles. The zero-order valence-electron chi connectivity index (χ0n) is 16.5. The molecule has 1 aromatic heterocycles. The highest BCUT2D eigenvalue weighted by atomic mass is 16.2. The molecule has 6 heteroatoms. The van der Waals surface area contributed by atoms with Crippen molar-refractivity contribution in [3.8, 4) is 11.4 Å². The third-order valence-corrected chi connectivity index (χ3v) is 5.44. The molecular formula is C24H20N4O2. The van der Waals surface area contributed by atoms with Crippen molar-refractivity contribution in [2.45, 2.75) is 13.3 Å². The summed E-state index contributed by atoms with van der Waals surface area (Å²) in [5.74, 6) is 0.534. The van der Waals surface area contributed by atoms with Gasteiger partial charge in [0.25, 0.3) is 5.91 Å². The van der Waals surface area contributed by atoms with Gasteiger partial charge in [-0.05, 0) is 54.4 Å². The first-order valence-corrected chi connectivity index (χ1v) is 9.87. The summed E-state index contributed by atoms with van der Waals surface area (Å²) in [6.07, 6.45) is 0.756. The van der Waals surface area contributed by atoms with Crippen LogP contribution in [0.25, 0.3) is 22.4 Å². The molecule has 6 nitrogen and oxygen atoms in total. The molecule has 0 fully saturated rings. The number of hydrogen-bond acceptors (Lipinski definition) is 3. The largest absolute Gasteiger partial charge is 0.338 e. The monoisotopic (exact) mass is 396 g/mol. The summed E-state index contributed by atoms with van der Waals surface area (Å²) >= 11 is 0. The molecule has 1 aliphatic heterocycles. The van der Waals surface area contributed by atoms with Gasteiger partial charge in [-0.15, -0.1) is 0 Å². The van der Waals surface area contributed by atoms with E-state index in [1.54, 1.807) is 17.9 Å². The zero-order valence-corrected chi connectivity index (χ0v) is 16.5. The second-order valence-corrected chi connectivity index (χ2v) is 7.37. The van der Waals surface area contributed by atoms with Crippen LogP contribution in [0.1, 0.15) is 22.8 Å². The maximum atomic E-state index is 13.0. The molecule has 4 aromatic rings. The van der Waals surface area contributed by atoms with Gasteiger partial charge < -0.3 is 15.2 Å². The first-order valence-electron chi connectivity index (χ1n) is 9.87. The smallest absolute Gasteiger partial charge is 0.255 e. The van der Waals surface area contributed by atoms with Crippen LogP contribution >= 0.6 is 0 Å². The fourth-order valence-corrected chi connectivity index (χ4v) is 3.94. The van der Waals surface area contributed by atoms with Crippen LogP contribution in [0.3, 0.4) is 0 Å². The Morgan fingerprint density at radius 1 is 1.03 bits per heavy atom. The van der Waals surface area contributed by atoms with Gasteiger partial charge in [0.1, 0.15) is 5.82 Å². The molecular weight excluding hydrogens is 376 g/mol. The van der Waals surface area contributed by atoms with Crippen molar-refractivity contribution in [1.82, 2.24) is 9.97 Å². The minimum Gasteiger partial charge on any atom is -0.338 e. The lowest BCUT2D eigenvalue weighted by atomic mass is 10.1. The molecule has 1 aliphatic rings. The van der Waals surface area contributed by atoms with E-state index in [0.717, 1.165) is 34.3 Å². The normalized spacial score (nSPS) is 12.8. The lowest BCUT2D eigenvalue weighted by molar-refractivity contribution is -0.116. The van der Waals surface area contributed by atoms with Gasteiger partial charge in [0.15, 0.2) is 0 Å². The quantitative estimate of drug-likeness (QED) is 0.539. The molecule has 3 aromatic carbocycles. The molecule has 2 heterocycles. The predicted molar refractivity (Wildman–Crippen MR) is 118 cm³/mol. The molecule has 5 rings (SSSR count). The predicted octanol–water partition coefficient (Wildman–Crippen LogP) is 4.39.